The molecule has 0 unspecified atom stereocenters. The number of phenols is 1. The Morgan fingerprint density at radius 1 is 1.33 bits per heavy atom. The van der Waals surface area contributed by atoms with Crippen molar-refractivity contribution in [2.75, 3.05) is 11.4 Å². The molecule has 2 amide bonds. The second kappa shape index (κ2) is 4.45. The number of aromatic hydroxyl groups is 1. The van der Waals surface area contributed by atoms with Gasteiger partial charge in [0, 0.05) is 12.6 Å². The number of carbonyl (C=O) groups excluding carboxylic acids is 2. The third-order valence-electron chi connectivity index (χ3n) is 1.86. The molecule has 0 aliphatic carbocycles. The van der Waals surface area contributed by atoms with Crippen molar-refractivity contribution in [3.8, 4) is 5.75 Å². The molecule has 0 saturated carbocycles. The number of carbonyl (C=O) groups is 2. The van der Waals surface area contributed by atoms with Gasteiger partial charge in [-0.25, -0.2) is 0 Å². The SMILES string of the molecule is CC(=O)N(CC(N)=O)c1ccc(O)cc1. The smallest absolute Gasteiger partial charge is 0.237 e. The van der Waals surface area contributed by atoms with Gasteiger partial charge in [-0.1, -0.05) is 0 Å². The number of phenolic OH excluding ortho intramolecular Hbond substituents is 1. The quantitative estimate of drug-likeness (QED) is 0.745. The van der Waals surface area contributed by atoms with Gasteiger partial charge in [0.1, 0.15) is 12.3 Å². The minimum absolute atomic E-state index is 0.0985. The van der Waals surface area contributed by atoms with Gasteiger partial charge < -0.3 is 15.7 Å². The molecule has 0 saturated heterocycles. The highest BCUT2D eigenvalue weighted by Gasteiger charge is 2.13. The molecule has 3 N–H and O–H groups in total. The Kier molecular flexibility index (Phi) is 3.28. The summed E-state index contributed by atoms with van der Waals surface area (Å²) in [6.07, 6.45) is 0. The highest BCUT2D eigenvalue weighted by molar-refractivity contribution is 5.97. The lowest BCUT2D eigenvalue weighted by molar-refractivity contribution is -0.121. The van der Waals surface area contributed by atoms with Crippen molar-refractivity contribution < 1.29 is 14.7 Å². The fraction of sp³-hybridized carbons (Fsp3) is 0.200. The Morgan fingerprint density at radius 2 is 1.87 bits per heavy atom. The molecule has 5 nitrogen and oxygen atoms in total. The largest absolute Gasteiger partial charge is 0.508 e. The Morgan fingerprint density at radius 3 is 2.27 bits per heavy atom. The van der Waals surface area contributed by atoms with Crippen molar-refractivity contribution in [1.82, 2.24) is 0 Å². The summed E-state index contributed by atoms with van der Waals surface area (Å²) in [6, 6.07) is 5.96. The molecule has 1 aromatic rings. The molecular formula is C10H12N2O3. The standard InChI is InChI=1S/C10H12N2O3/c1-7(13)12(6-10(11)15)8-2-4-9(14)5-3-8/h2-5,14H,6H2,1H3,(H2,11,15). The number of rotatable bonds is 3. The number of anilines is 1. The average Bonchev–Trinajstić information content (AvgIpc) is 2.15. The van der Waals surface area contributed by atoms with Crippen molar-refractivity contribution in [3.63, 3.8) is 0 Å². The number of benzene rings is 1. The van der Waals surface area contributed by atoms with Gasteiger partial charge in [-0.3, -0.25) is 9.59 Å². The maximum Gasteiger partial charge on any atom is 0.237 e. The molecule has 1 rings (SSSR count). The molecule has 0 aliphatic rings. The Labute approximate surface area is 87.1 Å². The highest BCUT2D eigenvalue weighted by Crippen LogP contribution is 2.18. The lowest BCUT2D eigenvalue weighted by Crippen LogP contribution is -2.37. The molecule has 0 aliphatic heterocycles. The van der Waals surface area contributed by atoms with Crippen molar-refractivity contribution >= 4 is 17.5 Å². The van der Waals surface area contributed by atoms with Crippen molar-refractivity contribution in [2.24, 2.45) is 5.73 Å². The first kappa shape index (κ1) is 11.0. The molecule has 0 spiro atoms. The predicted molar refractivity (Wildman–Crippen MR) is 55.3 cm³/mol. The number of nitrogens with two attached hydrogens (primary N) is 1. The summed E-state index contributed by atoms with van der Waals surface area (Å²) in [5.74, 6) is -0.765. The molecule has 1 aromatic carbocycles. The van der Waals surface area contributed by atoms with E-state index >= 15 is 0 Å². The summed E-state index contributed by atoms with van der Waals surface area (Å²) in [5, 5.41) is 9.06. The van der Waals surface area contributed by atoms with E-state index in [1.54, 1.807) is 12.1 Å². The van der Waals surface area contributed by atoms with Crippen LogP contribution in [0.3, 0.4) is 0 Å². The summed E-state index contributed by atoms with van der Waals surface area (Å²) >= 11 is 0. The number of nitrogens with zero attached hydrogens (tertiary/aromatic N) is 1. The van der Waals surface area contributed by atoms with Crippen LogP contribution in [-0.4, -0.2) is 23.5 Å². The van der Waals surface area contributed by atoms with Crippen LogP contribution in [0.5, 0.6) is 5.75 Å². The summed E-state index contributed by atoms with van der Waals surface area (Å²) in [5.41, 5.74) is 5.54. The van der Waals surface area contributed by atoms with E-state index in [9.17, 15) is 9.59 Å². The molecular weight excluding hydrogens is 196 g/mol. The van der Waals surface area contributed by atoms with Gasteiger partial charge >= 0.3 is 0 Å². The minimum Gasteiger partial charge on any atom is -0.508 e. The molecule has 0 bridgehead atoms. The molecule has 0 atom stereocenters. The first-order valence-corrected chi connectivity index (χ1v) is 4.36. The maximum atomic E-state index is 11.2. The van der Waals surface area contributed by atoms with Crippen LogP contribution >= 0.6 is 0 Å². The van der Waals surface area contributed by atoms with E-state index in [0.29, 0.717) is 5.69 Å². The van der Waals surface area contributed by atoms with Crippen LogP contribution in [0, 0.1) is 0 Å². The number of primary amides is 1. The van der Waals surface area contributed by atoms with Crippen LogP contribution in [0.4, 0.5) is 5.69 Å². The fourth-order valence-electron chi connectivity index (χ4n) is 1.17. The summed E-state index contributed by atoms with van der Waals surface area (Å²) < 4.78 is 0. The number of amides is 2. The third-order valence-corrected chi connectivity index (χ3v) is 1.86. The Balaban J connectivity index is 2.94. The topological polar surface area (TPSA) is 83.6 Å². The minimum atomic E-state index is -0.585. The average molecular weight is 208 g/mol. The monoisotopic (exact) mass is 208 g/mol. The molecule has 0 fully saturated rings. The Bertz CT molecular complexity index is 373. The second-order valence-corrected chi connectivity index (χ2v) is 3.09. The van der Waals surface area contributed by atoms with Crippen molar-refractivity contribution in [2.45, 2.75) is 6.92 Å². The van der Waals surface area contributed by atoms with Gasteiger partial charge in [0.15, 0.2) is 0 Å². The fourth-order valence-corrected chi connectivity index (χ4v) is 1.17. The van der Waals surface area contributed by atoms with E-state index in [4.69, 9.17) is 10.8 Å². The lowest BCUT2D eigenvalue weighted by Gasteiger charge is -2.19. The second-order valence-electron chi connectivity index (χ2n) is 3.09. The molecule has 0 aromatic heterocycles. The zero-order chi connectivity index (χ0) is 11.4. The van der Waals surface area contributed by atoms with E-state index in [1.165, 1.54) is 24.0 Å². The van der Waals surface area contributed by atoms with E-state index in [-0.39, 0.29) is 18.2 Å². The van der Waals surface area contributed by atoms with Gasteiger partial charge in [0.05, 0.1) is 0 Å². The van der Waals surface area contributed by atoms with Crippen molar-refractivity contribution in [1.29, 1.82) is 0 Å². The van der Waals surface area contributed by atoms with Gasteiger partial charge in [-0.15, -0.1) is 0 Å². The molecule has 5 heteroatoms. The highest BCUT2D eigenvalue weighted by atomic mass is 16.3. The summed E-state index contributed by atoms with van der Waals surface area (Å²) in [7, 11) is 0. The molecule has 0 heterocycles. The van der Waals surface area contributed by atoms with Crippen LogP contribution in [0.15, 0.2) is 24.3 Å². The first-order chi connectivity index (χ1) is 7.00. The van der Waals surface area contributed by atoms with Crippen LogP contribution in [0.1, 0.15) is 6.92 Å². The summed E-state index contributed by atoms with van der Waals surface area (Å²) in [6.45, 7) is 1.18. The predicted octanol–water partition coefficient (Wildman–Crippen LogP) is 0.230. The lowest BCUT2D eigenvalue weighted by atomic mass is 10.2. The summed E-state index contributed by atoms with van der Waals surface area (Å²) in [4.78, 5) is 23.2. The van der Waals surface area contributed by atoms with Crippen LogP contribution in [0.25, 0.3) is 0 Å². The van der Waals surface area contributed by atoms with E-state index in [2.05, 4.69) is 0 Å². The normalized spacial score (nSPS) is 9.67. The first-order valence-electron chi connectivity index (χ1n) is 4.36. The van der Waals surface area contributed by atoms with Gasteiger partial charge in [0.2, 0.25) is 11.8 Å². The van der Waals surface area contributed by atoms with Crippen LogP contribution in [-0.2, 0) is 9.59 Å². The van der Waals surface area contributed by atoms with Crippen molar-refractivity contribution in [3.05, 3.63) is 24.3 Å². The number of hydrogen-bond acceptors (Lipinski definition) is 3. The zero-order valence-corrected chi connectivity index (χ0v) is 8.30. The maximum absolute atomic E-state index is 11.2. The van der Waals surface area contributed by atoms with Gasteiger partial charge in [0.25, 0.3) is 0 Å². The van der Waals surface area contributed by atoms with Crippen LogP contribution < -0.4 is 10.6 Å². The zero-order valence-electron chi connectivity index (χ0n) is 8.30. The van der Waals surface area contributed by atoms with E-state index < -0.39 is 5.91 Å². The third kappa shape index (κ3) is 2.98. The number of hydrogen-bond donors (Lipinski definition) is 2. The van der Waals surface area contributed by atoms with Gasteiger partial charge in [-0.05, 0) is 24.3 Å². The molecule has 80 valence electrons. The Hall–Kier alpha value is -2.04. The molecule has 0 radical (unpaired) electrons. The van der Waals surface area contributed by atoms with Crippen LogP contribution in [0.2, 0.25) is 0 Å². The van der Waals surface area contributed by atoms with E-state index in [0.717, 1.165) is 0 Å². The molecule has 15 heavy (non-hydrogen) atoms. The van der Waals surface area contributed by atoms with Gasteiger partial charge in [-0.2, -0.15) is 0 Å². The van der Waals surface area contributed by atoms with E-state index in [1.807, 2.05) is 0 Å².